The Hall–Kier alpha value is -3.11. The summed E-state index contributed by atoms with van der Waals surface area (Å²) in [5.41, 5.74) is 9.19. The number of hydrogen-bond acceptors (Lipinski definition) is 4. The summed E-state index contributed by atoms with van der Waals surface area (Å²) in [6.07, 6.45) is 1.66. The molecule has 0 bridgehead atoms. The summed E-state index contributed by atoms with van der Waals surface area (Å²) in [5, 5.41) is 6.08. The molecule has 0 saturated carbocycles. The van der Waals surface area contributed by atoms with Gasteiger partial charge in [-0.2, -0.15) is 5.10 Å². The Labute approximate surface area is 141 Å². The van der Waals surface area contributed by atoms with Gasteiger partial charge in [0.25, 0.3) is 0 Å². The van der Waals surface area contributed by atoms with Gasteiger partial charge in [-0.1, -0.05) is 96.1 Å². The molecule has 0 amide bonds. The number of hydrazine groups is 2. The SMILES string of the molecule is C1=NNN(C(c2ccccc2)(c2ccccc2)c2ccccc2)N1. The number of hydrazone groups is 1. The van der Waals surface area contributed by atoms with Crippen LogP contribution < -0.4 is 11.0 Å². The molecule has 0 spiro atoms. The number of benzene rings is 3. The van der Waals surface area contributed by atoms with Gasteiger partial charge < -0.3 is 0 Å². The van der Waals surface area contributed by atoms with Crippen LogP contribution in [0.15, 0.2) is 96.1 Å². The molecule has 1 aliphatic heterocycles. The van der Waals surface area contributed by atoms with E-state index in [0.29, 0.717) is 0 Å². The Bertz CT molecular complexity index is 711. The van der Waals surface area contributed by atoms with E-state index in [9.17, 15) is 0 Å². The summed E-state index contributed by atoms with van der Waals surface area (Å²) in [4.78, 5) is 0. The maximum Gasteiger partial charge on any atom is 0.137 e. The van der Waals surface area contributed by atoms with E-state index in [0.717, 1.165) is 16.7 Å². The average molecular weight is 314 g/mol. The molecular formula is C20H18N4. The molecule has 0 radical (unpaired) electrons. The molecule has 24 heavy (non-hydrogen) atoms. The summed E-state index contributed by atoms with van der Waals surface area (Å²) >= 11 is 0. The van der Waals surface area contributed by atoms with Crippen LogP contribution in [0.3, 0.4) is 0 Å². The lowest BCUT2D eigenvalue weighted by Gasteiger charge is -2.41. The monoisotopic (exact) mass is 314 g/mol. The van der Waals surface area contributed by atoms with Crippen molar-refractivity contribution < 1.29 is 0 Å². The van der Waals surface area contributed by atoms with Crippen molar-refractivity contribution >= 4 is 6.34 Å². The molecule has 0 aromatic heterocycles. The zero-order valence-corrected chi connectivity index (χ0v) is 13.1. The van der Waals surface area contributed by atoms with Crippen molar-refractivity contribution in [2.45, 2.75) is 5.54 Å². The van der Waals surface area contributed by atoms with E-state index in [1.54, 1.807) is 6.34 Å². The van der Waals surface area contributed by atoms with E-state index in [-0.39, 0.29) is 0 Å². The van der Waals surface area contributed by atoms with Crippen LogP contribution in [-0.2, 0) is 5.54 Å². The fraction of sp³-hybridized carbons (Fsp3) is 0.0500. The molecule has 0 atom stereocenters. The molecule has 0 saturated heterocycles. The second-order valence-corrected chi connectivity index (χ2v) is 5.63. The van der Waals surface area contributed by atoms with E-state index in [1.165, 1.54) is 0 Å². The molecule has 0 aliphatic carbocycles. The second-order valence-electron chi connectivity index (χ2n) is 5.63. The molecule has 118 valence electrons. The Kier molecular flexibility index (Phi) is 3.73. The predicted octanol–water partition coefficient (Wildman–Crippen LogP) is 3.25. The zero-order chi connectivity index (χ0) is 16.2. The normalized spacial score (nSPS) is 14.2. The van der Waals surface area contributed by atoms with Gasteiger partial charge in [-0.05, 0) is 16.7 Å². The molecule has 3 aromatic carbocycles. The quantitative estimate of drug-likeness (QED) is 0.726. The summed E-state index contributed by atoms with van der Waals surface area (Å²) in [7, 11) is 0. The van der Waals surface area contributed by atoms with Crippen LogP contribution in [0.5, 0.6) is 0 Å². The van der Waals surface area contributed by atoms with Crippen LogP contribution in [0, 0.1) is 0 Å². The summed E-state index contributed by atoms with van der Waals surface area (Å²) in [5.74, 6) is 0. The Morgan fingerprint density at radius 2 is 1.04 bits per heavy atom. The minimum Gasteiger partial charge on any atom is -0.287 e. The third-order valence-corrected chi connectivity index (χ3v) is 4.32. The zero-order valence-electron chi connectivity index (χ0n) is 13.1. The van der Waals surface area contributed by atoms with Crippen LogP contribution in [0.4, 0.5) is 0 Å². The molecule has 4 rings (SSSR count). The predicted molar refractivity (Wildman–Crippen MR) is 95.8 cm³/mol. The van der Waals surface area contributed by atoms with Crippen molar-refractivity contribution in [3.05, 3.63) is 108 Å². The summed E-state index contributed by atoms with van der Waals surface area (Å²) < 4.78 is 0. The molecule has 4 nitrogen and oxygen atoms in total. The molecule has 0 unspecified atom stereocenters. The average Bonchev–Trinajstić information content (AvgIpc) is 3.20. The highest BCUT2D eigenvalue weighted by molar-refractivity contribution is 5.57. The molecular weight excluding hydrogens is 296 g/mol. The lowest BCUT2D eigenvalue weighted by Crippen LogP contribution is -2.56. The maximum atomic E-state index is 4.15. The van der Waals surface area contributed by atoms with Gasteiger partial charge >= 0.3 is 0 Å². The number of nitrogens with zero attached hydrogens (tertiary/aromatic N) is 2. The summed E-state index contributed by atoms with van der Waals surface area (Å²) in [6.45, 7) is 0. The first-order valence-electron chi connectivity index (χ1n) is 7.92. The van der Waals surface area contributed by atoms with Crippen LogP contribution in [0.25, 0.3) is 0 Å². The van der Waals surface area contributed by atoms with Gasteiger partial charge in [-0.25, -0.2) is 5.53 Å². The minimum absolute atomic E-state index is 0.555. The fourth-order valence-electron chi connectivity index (χ4n) is 3.30. The van der Waals surface area contributed by atoms with Crippen LogP contribution in [0.1, 0.15) is 16.7 Å². The fourth-order valence-corrected chi connectivity index (χ4v) is 3.30. The number of hydrogen-bond donors (Lipinski definition) is 2. The molecule has 3 aromatic rings. The van der Waals surface area contributed by atoms with Crippen molar-refractivity contribution in [3.63, 3.8) is 0 Å². The highest BCUT2D eigenvalue weighted by atomic mass is 15.9. The molecule has 4 heteroatoms. The topological polar surface area (TPSA) is 39.7 Å². The Morgan fingerprint density at radius 3 is 1.38 bits per heavy atom. The first kappa shape index (κ1) is 14.5. The first-order chi connectivity index (χ1) is 11.9. The van der Waals surface area contributed by atoms with E-state index < -0.39 is 5.54 Å². The second kappa shape index (κ2) is 6.18. The smallest absolute Gasteiger partial charge is 0.137 e. The lowest BCUT2D eigenvalue weighted by molar-refractivity contribution is 0.0769. The van der Waals surface area contributed by atoms with Gasteiger partial charge in [0.05, 0.1) is 0 Å². The minimum atomic E-state index is -0.555. The van der Waals surface area contributed by atoms with E-state index in [2.05, 4.69) is 88.9 Å². The van der Waals surface area contributed by atoms with E-state index in [1.807, 2.05) is 23.3 Å². The highest BCUT2D eigenvalue weighted by Gasteiger charge is 2.43. The molecule has 1 heterocycles. The molecule has 2 N–H and O–H groups in total. The third-order valence-electron chi connectivity index (χ3n) is 4.32. The lowest BCUT2D eigenvalue weighted by atomic mass is 9.77. The number of rotatable bonds is 4. The van der Waals surface area contributed by atoms with E-state index >= 15 is 0 Å². The van der Waals surface area contributed by atoms with Crippen molar-refractivity contribution in [2.24, 2.45) is 5.10 Å². The van der Waals surface area contributed by atoms with Crippen molar-refractivity contribution in [1.82, 2.24) is 16.1 Å². The van der Waals surface area contributed by atoms with Gasteiger partial charge in [0.1, 0.15) is 11.9 Å². The van der Waals surface area contributed by atoms with Crippen molar-refractivity contribution in [3.8, 4) is 0 Å². The van der Waals surface area contributed by atoms with Crippen LogP contribution in [-0.4, -0.2) is 11.5 Å². The Balaban J connectivity index is 2.03. The maximum absolute atomic E-state index is 4.15. The standard InChI is InChI=1S/C20H18N4/c1-4-10-17(11-5-1)20(24-22-16-21-23-24,18-12-6-2-7-13-18)19-14-8-3-9-15-19/h1-16,23H,(H,21,22). The van der Waals surface area contributed by atoms with Gasteiger partial charge in [-0.3, -0.25) is 5.43 Å². The largest absolute Gasteiger partial charge is 0.287 e. The van der Waals surface area contributed by atoms with Gasteiger partial charge in [0.2, 0.25) is 0 Å². The van der Waals surface area contributed by atoms with Gasteiger partial charge in [0.15, 0.2) is 0 Å². The summed E-state index contributed by atoms with van der Waals surface area (Å²) in [6, 6.07) is 31.3. The van der Waals surface area contributed by atoms with Gasteiger partial charge in [-0.15, -0.1) is 0 Å². The third kappa shape index (κ3) is 2.25. The van der Waals surface area contributed by atoms with Crippen molar-refractivity contribution in [2.75, 3.05) is 0 Å². The number of nitrogens with one attached hydrogen (secondary N) is 2. The highest BCUT2D eigenvalue weighted by Crippen LogP contribution is 2.40. The molecule has 1 aliphatic rings. The first-order valence-corrected chi connectivity index (χ1v) is 7.92. The molecule has 0 fully saturated rings. The van der Waals surface area contributed by atoms with Crippen molar-refractivity contribution in [1.29, 1.82) is 0 Å². The van der Waals surface area contributed by atoms with Crippen LogP contribution in [0.2, 0.25) is 0 Å². The van der Waals surface area contributed by atoms with E-state index in [4.69, 9.17) is 0 Å². The Morgan fingerprint density at radius 1 is 0.625 bits per heavy atom. The van der Waals surface area contributed by atoms with Gasteiger partial charge in [0, 0.05) is 0 Å². The van der Waals surface area contributed by atoms with Crippen LogP contribution >= 0.6 is 0 Å².